The Bertz CT molecular complexity index is 945. The predicted octanol–water partition coefficient (Wildman–Crippen LogP) is 7.62. The Morgan fingerprint density at radius 2 is 1.58 bits per heavy atom. The van der Waals surface area contributed by atoms with Gasteiger partial charge in [-0.1, -0.05) is 87.9 Å². The van der Waals surface area contributed by atoms with Crippen LogP contribution in [0, 0.1) is 5.92 Å². The van der Waals surface area contributed by atoms with Crippen molar-refractivity contribution in [3.63, 3.8) is 0 Å². The fourth-order valence-corrected chi connectivity index (χ4v) is 4.11. The summed E-state index contributed by atoms with van der Waals surface area (Å²) in [5.74, 6) is 1.86. The van der Waals surface area contributed by atoms with E-state index in [1.54, 1.807) is 0 Å². The van der Waals surface area contributed by atoms with Crippen molar-refractivity contribution in [2.75, 3.05) is 0 Å². The van der Waals surface area contributed by atoms with Gasteiger partial charge >= 0.3 is 0 Å². The molecule has 1 unspecified atom stereocenters. The molecule has 0 aliphatic heterocycles. The molecule has 162 valence electrons. The number of ketones is 1. The molecule has 0 saturated carbocycles. The first-order chi connectivity index (χ1) is 15.1. The highest BCUT2D eigenvalue weighted by Crippen LogP contribution is 2.30. The molecule has 0 spiro atoms. The molecule has 0 fully saturated rings. The van der Waals surface area contributed by atoms with Crippen molar-refractivity contribution in [3.8, 4) is 5.75 Å². The molecule has 31 heavy (non-hydrogen) atoms. The Morgan fingerprint density at radius 3 is 2.23 bits per heavy atom. The van der Waals surface area contributed by atoms with Crippen molar-refractivity contribution in [2.24, 2.45) is 5.92 Å². The first-order valence-corrected chi connectivity index (χ1v) is 11.4. The first-order valence-electron chi connectivity index (χ1n) is 11.4. The van der Waals surface area contributed by atoms with Crippen molar-refractivity contribution in [3.05, 3.63) is 101 Å². The number of hydrogen-bond donors (Lipinski definition) is 0. The lowest BCUT2D eigenvalue weighted by Gasteiger charge is -2.20. The number of carbonyl (C=O) groups is 1. The number of hydrogen-bond acceptors (Lipinski definition) is 2. The fourth-order valence-electron chi connectivity index (χ4n) is 4.11. The van der Waals surface area contributed by atoms with Gasteiger partial charge in [0.05, 0.1) is 0 Å². The molecule has 3 rings (SSSR count). The molecular formula is C29H34O2. The van der Waals surface area contributed by atoms with Gasteiger partial charge in [0.1, 0.15) is 12.4 Å². The van der Waals surface area contributed by atoms with Gasteiger partial charge in [0, 0.05) is 12.0 Å². The molecule has 2 nitrogen and oxygen atoms in total. The average molecular weight is 415 g/mol. The summed E-state index contributed by atoms with van der Waals surface area (Å²) in [5.41, 5.74) is 4.30. The lowest BCUT2D eigenvalue weighted by Crippen LogP contribution is -2.12. The second-order valence-electron chi connectivity index (χ2n) is 8.71. The largest absolute Gasteiger partial charge is 0.489 e. The van der Waals surface area contributed by atoms with Crippen LogP contribution in [0.25, 0.3) is 0 Å². The zero-order valence-corrected chi connectivity index (χ0v) is 19.0. The fraction of sp³-hybridized carbons (Fsp3) is 0.345. The molecule has 0 amide bonds. The summed E-state index contributed by atoms with van der Waals surface area (Å²) in [6, 6.07) is 26.5. The van der Waals surface area contributed by atoms with Crippen LogP contribution in [0.4, 0.5) is 0 Å². The van der Waals surface area contributed by atoms with Crippen LogP contribution in [0.3, 0.4) is 0 Å². The van der Waals surface area contributed by atoms with Gasteiger partial charge in [0.15, 0.2) is 5.78 Å². The highest BCUT2D eigenvalue weighted by atomic mass is 16.5. The topological polar surface area (TPSA) is 26.3 Å². The summed E-state index contributed by atoms with van der Waals surface area (Å²) in [4.78, 5) is 13.5. The molecule has 0 aromatic heterocycles. The van der Waals surface area contributed by atoms with Gasteiger partial charge in [0.2, 0.25) is 0 Å². The number of carbonyl (C=O) groups excluding carboxylic acids is 1. The molecule has 0 N–H and O–H groups in total. The van der Waals surface area contributed by atoms with Gasteiger partial charge in [-0.15, -0.1) is 0 Å². The maximum Gasteiger partial charge on any atom is 0.163 e. The van der Waals surface area contributed by atoms with Crippen molar-refractivity contribution in [1.82, 2.24) is 0 Å². The van der Waals surface area contributed by atoms with Gasteiger partial charge in [-0.2, -0.15) is 0 Å². The Kier molecular flexibility index (Phi) is 8.46. The van der Waals surface area contributed by atoms with Crippen molar-refractivity contribution in [1.29, 1.82) is 0 Å². The monoisotopic (exact) mass is 414 g/mol. The first kappa shape index (κ1) is 22.8. The second kappa shape index (κ2) is 11.5. The van der Waals surface area contributed by atoms with Crippen LogP contribution in [-0.4, -0.2) is 5.78 Å². The lowest BCUT2D eigenvalue weighted by atomic mass is 9.84. The Balaban J connectivity index is 1.81. The maximum atomic E-state index is 13.5. The van der Waals surface area contributed by atoms with E-state index in [1.165, 1.54) is 5.56 Å². The summed E-state index contributed by atoms with van der Waals surface area (Å²) in [7, 11) is 0. The van der Waals surface area contributed by atoms with Gasteiger partial charge < -0.3 is 4.74 Å². The highest BCUT2D eigenvalue weighted by molar-refractivity contribution is 5.98. The minimum Gasteiger partial charge on any atom is -0.489 e. The molecule has 0 bridgehead atoms. The third-order valence-electron chi connectivity index (χ3n) is 5.60. The lowest BCUT2D eigenvalue weighted by molar-refractivity contribution is 0.0969. The van der Waals surface area contributed by atoms with E-state index < -0.39 is 0 Å². The maximum absolute atomic E-state index is 13.5. The standard InChI is InChI=1S/C29H34O2/c1-4-11-25-17-16-23(21-31-27-14-9-6-10-15-27)19-28(25)29(30)20-26(18-22(2)3)24-12-7-5-8-13-24/h5-10,12-17,19,22,26H,4,11,18,20-21H2,1-3H3. The van der Waals surface area contributed by atoms with E-state index in [1.807, 2.05) is 42.5 Å². The third kappa shape index (κ3) is 6.82. The summed E-state index contributed by atoms with van der Waals surface area (Å²) in [6.45, 7) is 7.08. The molecule has 2 heteroatoms. The number of benzene rings is 3. The van der Waals surface area contributed by atoms with Crippen molar-refractivity contribution >= 4 is 5.78 Å². The van der Waals surface area contributed by atoms with E-state index in [4.69, 9.17) is 4.74 Å². The van der Waals surface area contributed by atoms with Gasteiger partial charge in [0.25, 0.3) is 0 Å². The average Bonchev–Trinajstić information content (AvgIpc) is 2.79. The summed E-state index contributed by atoms with van der Waals surface area (Å²) >= 11 is 0. The SMILES string of the molecule is CCCc1ccc(COc2ccccc2)cc1C(=O)CC(CC(C)C)c1ccccc1. The molecule has 0 aliphatic rings. The summed E-state index contributed by atoms with van der Waals surface area (Å²) in [6.07, 6.45) is 3.49. The van der Waals surface area contributed by atoms with E-state index in [0.29, 0.717) is 18.9 Å². The van der Waals surface area contributed by atoms with Gasteiger partial charge in [-0.25, -0.2) is 0 Å². The zero-order valence-electron chi connectivity index (χ0n) is 19.0. The second-order valence-corrected chi connectivity index (χ2v) is 8.71. The van der Waals surface area contributed by atoms with Crippen molar-refractivity contribution < 1.29 is 9.53 Å². The van der Waals surface area contributed by atoms with Crippen LogP contribution >= 0.6 is 0 Å². The van der Waals surface area contributed by atoms with E-state index >= 15 is 0 Å². The molecule has 0 aliphatic carbocycles. The van der Waals surface area contributed by atoms with Crippen LogP contribution in [0.2, 0.25) is 0 Å². The van der Waals surface area contributed by atoms with Crippen molar-refractivity contribution in [2.45, 2.75) is 59.0 Å². The zero-order chi connectivity index (χ0) is 22.1. The smallest absolute Gasteiger partial charge is 0.163 e. The normalized spacial score (nSPS) is 12.0. The molecule has 0 saturated heterocycles. The van der Waals surface area contributed by atoms with E-state index in [9.17, 15) is 4.79 Å². The summed E-state index contributed by atoms with van der Waals surface area (Å²) < 4.78 is 5.92. The van der Waals surface area contributed by atoms with Crippen LogP contribution < -0.4 is 4.74 Å². The number of aryl methyl sites for hydroxylation is 1. The predicted molar refractivity (Wildman–Crippen MR) is 129 cm³/mol. The number of Topliss-reactive ketones (excluding diaryl/α,β-unsaturated/α-hetero) is 1. The van der Waals surface area contributed by atoms with E-state index in [0.717, 1.165) is 41.7 Å². The Labute approximate surface area is 187 Å². The Morgan fingerprint density at radius 1 is 0.903 bits per heavy atom. The quantitative estimate of drug-likeness (QED) is 0.302. The number of rotatable bonds is 11. The van der Waals surface area contributed by atoms with Crippen LogP contribution in [0.5, 0.6) is 5.75 Å². The highest BCUT2D eigenvalue weighted by Gasteiger charge is 2.20. The molecule has 1 atom stereocenters. The van der Waals surface area contributed by atoms with Crippen LogP contribution in [-0.2, 0) is 13.0 Å². The minimum absolute atomic E-state index is 0.236. The van der Waals surface area contributed by atoms with Gasteiger partial charge in [-0.3, -0.25) is 4.79 Å². The Hall–Kier alpha value is -2.87. The van der Waals surface area contributed by atoms with Crippen LogP contribution in [0.1, 0.15) is 73.0 Å². The van der Waals surface area contributed by atoms with E-state index in [-0.39, 0.29) is 11.7 Å². The van der Waals surface area contributed by atoms with E-state index in [2.05, 4.69) is 57.2 Å². The number of ether oxygens (including phenoxy) is 1. The summed E-state index contributed by atoms with van der Waals surface area (Å²) in [5, 5.41) is 0. The molecule has 0 radical (unpaired) electrons. The molecular weight excluding hydrogens is 380 g/mol. The minimum atomic E-state index is 0.236. The third-order valence-corrected chi connectivity index (χ3v) is 5.60. The van der Waals surface area contributed by atoms with Crippen LogP contribution in [0.15, 0.2) is 78.9 Å². The molecule has 0 heterocycles. The number of para-hydroxylation sites is 1. The molecule has 3 aromatic rings. The van der Waals surface area contributed by atoms with Gasteiger partial charge in [-0.05, 0) is 59.6 Å². The molecule has 3 aromatic carbocycles.